The Morgan fingerprint density at radius 1 is 1.26 bits per heavy atom. The molecular formula is C27H33N9O5S. The van der Waals surface area contributed by atoms with Crippen molar-refractivity contribution in [1.82, 2.24) is 40.6 Å². The van der Waals surface area contributed by atoms with Gasteiger partial charge < -0.3 is 31.3 Å². The van der Waals surface area contributed by atoms with Crippen LogP contribution in [0.1, 0.15) is 37.0 Å². The van der Waals surface area contributed by atoms with Crippen molar-refractivity contribution >= 4 is 35.5 Å². The predicted molar refractivity (Wildman–Crippen MR) is 151 cm³/mol. The van der Waals surface area contributed by atoms with Gasteiger partial charge in [0.1, 0.15) is 12.0 Å². The van der Waals surface area contributed by atoms with E-state index in [9.17, 15) is 24.3 Å². The zero-order valence-electron chi connectivity index (χ0n) is 23.2. The topological polar surface area (TPSA) is 189 Å². The van der Waals surface area contributed by atoms with Crippen LogP contribution < -0.4 is 16.4 Å². The molecule has 7 atom stereocenters. The standard InChI is InChI=1S/C27H33N9O5S/c1-13-21-20(14(2)31-24(37)17-5-3-4-6-19(17)35-12-30-32-33-35)26(39)36(21)22(27(40)41)23(13)42-16-9-18(29-10-16)25(38)34-8-7-15(28)11-34/h3-6,12-16,18,20-21,29H,7-11,28H2,1-2H3,(H,31,37)(H,40,41)/t13-,14-,15-,16+,18?,20-,21-/m1/s1. The first-order valence-electron chi connectivity index (χ1n) is 14.0. The molecule has 6 rings (SSSR count). The van der Waals surface area contributed by atoms with Crippen molar-refractivity contribution in [2.45, 2.75) is 56.1 Å². The molecule has 3 amide bonds. The van der Waals surface area contributed by atoms with Crippen LogP contribution in [-0.4, -0.2) is 108 Å². The van der Waals surface area contributed by atoms with E-state index in [0.29, 0.717) is 42.2 Å². The molecule has 0 aliphatic carbocycles. The number of amides is 3. The zero-order valence-corrected chi connectivity index (χ0v) is 24.0. The summed E-state index contributed by atoms with van der Waals surface area (Å²) in [5.41, 5.74) is 6.81. The van der Waals surface area contributed by atoms with Gasteiger partial charge in [-0.3, -0.25) is 14.4 Å². The lowest BCUT2D eigenvalue weighted by atomic mass is 9.78. The number of nitrogens with one attached hydrogen (secondary N) is 2. The summed E-state index contributed by atoms with van der Waals surface area (Å²) in [6.07, 6.45) is 2.74. The molecular weight excluding hydrogens is 562 g/mol. The highest BCUT2D eigenvalue weighted by Gasteiger charge is 2.60. The number of likely N-dealkylation sites (tertiary alicyclic amines) is 1. The number of carbonyl (C=O) groups is 4. The number of carbonyl (C=O) groups excluding carboxylic acids is 3. The van der Waals surface area contributed by atoms with Crippen molar-refractivity contribution in [3.63, 3.8) is 0 Å². The number of benzene rings is 1. The number of tetrazole rings is 1. The Kier molecular flexibility index (Phi) is 7.49. The third kappa shape index (κ3) is 4.84. The Labute approximate surface area is 246 Å². The molecule has 4 aliphatic rings. The Morgan fingerprint density at radius 3 is 2.74 bits per heavy atom. The van der Waals surface area contributed by atoms with Crippen LogP contribution in [0.3, 0.4) is 0 Å². The molecule has 2 aromatic rings. The summed E-state index contributed by atoms with van der Waals surface area (Å²) in [5, 5.41) is 27.5. The molecule has 14 nitrogen and oxygen atoms in total. The van der Waals surface area contributed by atoms with Gasteiger partial charge in [-0.2, -0.15) is 4.68 Å². The van der Waals surface area contributed by atoms with Crippen LogP contribution in [0.4, 0.5) is 0 Å². The van der Waals surface area contributed by atoms with Gasteiger partial charge in [0.2, 0.25) is 11.8 Å². The molecule has 1 unspecified atom stereocenters. The first kappa shape index (κ1) is 28.3. The van der Waals surface area contributed by atoms with E-state index in [4.69, 9.17) is 5.73 Å². The highest BCUT2D eigenvalue weighted by atomic mass is 32.2. The fourth-order valence-electron chi connectivity index (χ4n) is 6.58. The number of fused-ring (bicyclic) bond motifs is 1. The van der Waals surface area contributed by atoms with E-state index in [2.05, 4.69) is 26.2 Å². The van der Waals surface area contributed by atoms with Gasteiger partial charge in [-0.1, -0.05) is 19.1 Å². The molecule has 0 bridgehead atoms. The van der Waals surface area contributed by atoms with Crippen LogP contribution in [0.5, 0.6) is 0 Å². The third-order valence-electron chi connectivity index (χ3n) is 8.65. The number of nitrogens with two attached hydrogens (primary N) is 1. The highest BCUT2D eigenvalue weighted by molar-refractivity contribution is 8.03. The summed E-state index contributed by atoms with van der Waals surface area (Å²) < 4.78 is 1.39. The second-order valence-corrected chi connectivity index (χ2v) is 12.7. The number of nitrogens with zero attached hydrogens (tertiary/aromatic N) is 6. The van der Waals surface area contributed by atoms with Gasteiger partial charge in [0.15, 0.2) is 0 Å². The maximum absolute atomic E-state index is 13.4. The van der Waals surface area contributed by atoms with Gasteiger partial charge >= 0.3 is 5.97 Å². The van der Waals surface area contributed by atoms with E-state index >= 15 is 0 Å². The molecule has 5 heterocycles. The van der Waals surface area contributed by atoms with Crippen molar-refractivity contribution in [3.8, 4) is 5.69 Å². The second-order valence-electron chi connectivity index (χ2n) is 11.3. The summed E-state index contributed by atoms with van der Waals surface area (Å²) in [7, 11) is 0. The lowest BCUT2D eigenvalue weighted by Gasteiger charge is -2.47. The van der Waals surface area contributed by atoms with Crippen LogP contribution in [0, 0.1) is 11.8 Å². The van der Waals surface area contributed by atoms with E-state index in [1.807, 2.05) is 6.92 Å². The van der Waals surface area contributed by atoms with Gasteiger partial charge in [0, 0.05) is 47.8 Å². The molecule has 222 valence electrons. The van der Waals surface area contributed by atoms with Gasteiger partial charge in [-0.05, 0) is 42.3 Å². The summed E-state index contributed by atoms with van der Waals surface area (Å²) in [6.45, 7) is 5.45. The Balaban J connectivity index is 1.14. The molecule has 3 fully saturated rings. The number of rotatable bonds is 8. The monoisotopic (exact) mass is 595 g/mol. The number of thioether (sulfide) groups is 1. The van der Waals surface area contributed by atoms with Crippen molar-refractivity contribution in [1.29, 1.82) is 0 Å². The first-order chi connectivity index (χ1) is 20.2. The van der Waals surface area contributed by atoms with E-state index in [1.54, 1.807) is 36.1 Å². The fourth-order valence-corrected chi connectivity index (χ4v) is 8.06. The number of hydrogen-bond donors (Lipinski definition) is 4. The number of carboxylic acid groups (broad SMARTS) is 1. The third-order valence-corrected chi connectivity index (χ3v) is 10.2. The number of hydrogen-bond acceptors (Lipinski definition) is 10. The molecule has 1 aromatic carbocycles. The van der Waals surface area contributed by atoms with Crippen molar-refractivity contribution in [2.75, 3.05) is 19.6 Å². The second kappa shape index (κ2) is 11.1. The van der Waals surface area contributed by atoms with Crippen molar-refractivity contribution in [3.05, 3.63) is 46.8 Å². The minimum absolute atomic E-state index is 0.00148. The number of para-hydroxylation sites is 1. The molecule has 3 saturated heterocycles. The normalized spacial score (nSPS) is 29.5. The molecule has 42 heavy (non-hydrogen) atoms. The molecule has 5 N–H and O–H groups in total. The van der Waals surface area contributed by atoms with Crippen LogP contribution >= 0.6 is 11.8 Å². The van der Waals surface area contributed by atoms with Gasteiger partial charge in [0.05, 0.1) is 29.3 Å². The SMILES string of the molecule is C[C@@H](NC(=O)c1ccccc1-n1cnnn1)[C@H]1C(=O)N2C(C(=O)O)=C(S[C@@H]3CNC(C(=O)N4CC[C@@H](N)C4)C3)[C@H](C)[C@H]12. The summed E-state index contributed by atoms with van der Waals surface area (Å²) in [6, 6.07) is 5.58. The summed E-state index contributed by atoms with van der Waals surface area (Å²) >= 11 is 1.44. The molecule has 0 saturated carbocycles. The summed E-state index contributed by atoms with van der Waals surface area (Å²) in [5.74, 6) is -2.68. The smallest absolute Gasteiger partial charge is 0.353 e. The quantitative estimate of drug-likeness (QED) is 0.290. The average molecular weight is 596 g/mol. The predicted octanol–water partition coefficient (Wildman–Crippen LogP) is -0.423. The minimum Gasteiger partial charge on any atom is -0.477 e. The number of aromatic nitrogens is 4. The van der Waals surface area contributed by atoms with Crippen LogP contribution in [-0.2, 0) is 14.4 Å². The maximum Gasteiger partial charge on any atom is 0.353 e. The first-order valence-corrected chi connectivity index (χ1v) is 14.9. The van der Waals surface area contributed by atoms with Crippen LogP contribution in [0.25, 0.3) is 5.69 Å². The van der Waals surface area contributed by atoms with E-state index in [-0.39, 0.29) is 40.8 Å². The average Bonchev–Trinajstić information content (AvgIpc) is 3.77. The van der Waals surface area contributed by atoms with Crippen molar-refractivity contribution < 1.29 is 24.3 Å². The molecule has 0 spiro atoms. The maximum atomic E-state index is 13.4. The zero-order chi connectivity index (χ0) is 29.7. The Hall–Kier alpha value is -3.82. The van der Waals surface area contributed by atoms with Gasteiger partial charge in [-0.15, -0.1) is 16.9 Å². The van der Waals surface area contributed by atoms with Crippen molar-refractivity contribution in [2.24, 2.45) is 17.6 Å². The number of aliphatic carboxylic acids is 1. The lowest BCUT2D eigenvalue weighted by Crippen LogP contribution is -2.66. The van der Waals surface area contributed by atoms with Crippen LogP contribution in [0.15, 0.2) is 41.2 Å². The fraction of sp³-hybridized carbons (Fsp3) is 0.519. The van der Waals surface area contributed by atoms with Gasteiger partial charge in [0.25, 0.3) is 5.91 Å². The van der Waals surface area contributed by atoms with E-state index in [1.165, 1.54) is 27.7 Å². The molecule has 4 aliphatic heterocycles. The largest absolute Gasteiger partial charge is 0.477 e. The Morgan fingerprint density at radius 2 is 2.05 bits per heavy atom. The molecule has 0 radical (unpaired) electrons. The van der Waals surface area contributed by atoms with E-state index in [0.717, 1.165) is 6.42 Å². The summed E-state index contributed by atoms with van der Waals surface area (Å²) in [4.78, 5) is 55.8. The Bertz CT molecular complexity index is 1450. The minimum atomic E-state index is -1.16. The lowest BCUT2D eigenvalue weighted by molar-refractivity contribution is -0.158. The molecule has 15 heteroatoms. The van der Waals surface area contributed by atoms with Crippen LogP contribution in [0.2, 0.25) is 0 Å². The van der Waals surface area contributed by atoms with E-state index < -0.39 is 29.9 Å². The number of β-lactam (4-membered cyclic amide) rings is 1. The number of carboxylic acids is 1. The highest BCUT2D eigenvalue weighted by Crippen LogP contribution is 2.52. The van der Waals surface area contributed by atoms with Gasteiger partial charge in [-0.25, -0.2) is 4.79 Å². The molecule has 1 aromatic heterocycles.